The molecule has 0 saturated heterocycles. The first-order valence-electron chi connectivity index (χ1n) is 5.56. The number of unbranched alkanes of at least 4 members (excludes halogenated alkanes) is 1. The minimum absolute atomic E-state index is 0.698. The van der Waals surface area contributed by atoms with E-state index in [-0.39, 0.29) is 0 Å². The van der Waals surface area contributed by atoms with Crippen LogP contribution < -0.4 is 0 Å². The van der Waals surface area contributed by atoms with Crippen LogP contribution in [-0.4, -0.2) is 11.6 Å². The first kappa shape index (κ1) is 12.5. The van der Waals surface area contributed by atoms with Gasteiger partial charge in [0.25, 0.3) is 0 Å². The smallest absolute Gasteiger partial charge is 0.114 e. The van der Waals surface area contributed by atoms with E-state index < -0.39 is 0 Å². The van der Waals surface area contributed by atoms with Crippen LogP contribution in [0.4, 0.5) is 0 Å². The zero-order valence-corrected chi connectivity index (χ0v) is 9.91. The lowest BCUT2D eigenvalue weighted by atomic mass is 10.1. The van der Waals surface area contributed by atoms with Crippen LogP contribution in [0.5, 0.6) is 0 Å². The van der Waals surface area contributed by atoms with E-state index in [9.17, 15) is 0 Å². The Morgan fingerprint density at radius 1 is 1.25 bits per heavy atom. The molecule has 0 aliphatic rings. The van der Waals surface area contributed by atoms with Gasteiger partial charge in [0.2, 0.25) is 0 Å². The van der Waals surface area contributed by atoms with Gasteiger partial charge in [0.05, 0.1) is 6.61 Å². The van der Waals surface area contributed by atoms with Crippen LogP contribution in [0.2, 0.25) is 0 Å². The maximum absolute atomic E-state index is 5.44. The minimum Gasteiger partial charge on any atom is -0.494 e. The Morgan fingerprint density at radius 2 is 1.94 bits per heavy atom. The van der Waals surface area contributed by atoms with Crippen LogP contribution >= 0.6 is 0 Å². The number of aromatic nitrogens is 1. The van der Waals surface area contributed by atoms with E-state index in [2.05, 4.69) is 18.1 Å². The van der Waals surface area contributed by atoms with Crippen molar-refractivity contribution in [1.82, 2.24) is 4.98 Å². The standard InChI is InChI=1S/C14H19NO/c1-12(2)13(3)16-11-5-4-6-14-7-9-15-10-8-14/h7-10H,1,3-6,11H2,2H3. The van der Waals surface area contributed by atoms with Crippen molar-refractivity contribution < 1.29 is 4.74 Å². The molecular formula is C14H19NO. The predicted molar refractivity (Wildman–Crippen MR) is 67.1 cm³/mol. The molecule has 0 amide bonds. The van der Waals surface area contributed by atoms with E-state index in [4.69, 9.17) is 4.74 Å². The molecule has 16 heavy (non-hydrogen) atoms. The molecule has 2 nitrogen and oxygen atoms in total. The largest absolute Gasteiger partial charge is 0.494 e. The zero-order chi connectivity index (χ0) is 11.8. The average Bonchev–Trinajstić information content (AvgIpc) is 2.29. The summed E-state index contributed by atoms with van der Waals surface area (Å²) in [5, 5.41) is 0. The third-order valence-electron chi connectivity index (χ3n) is 2.36. The van der Waals surface area contributed by atoms with Crippen LogP contribution in [0.3, 0.4) is 0 Å². The van der Waals surface area contributed by atoms with E-state index in [1.165, 1.54) is 5.56 Å². The van der Waals surface area contributed by atoms with Crippen molar-refractivity contribution in [3.63, 3.8) is 0 Å². The highest BCUT2D eigenvalue weighted by Crippen LogP contribution is 2.08. The Morgan fingerprint density at radius 3 is 2.56 bits per heavy atom. The summed E-state index contributed by atoms with van der Waals surface area (Å²) in [7, 11) is 0. The Hall–Kier alpha value is -1.57. The summed E-state index contributed by atoms with van der Waals surface area (Å²) in [6.45, 7) is 10.2. The molecule has 0 radical (unpaired) electrons. The van der Waals surface area contributed by atoms with E-state index in [1.54, 1.807) is 0 Å². The second kappa shape index (κ2) is 6.83. The van der Waals surface area contributed by atoms with Crippen LogP contribution in [0, 0.1) is 0 Å². The van der Waals surface area contributed by atoms with Gasteiger partial charge in [0.15, 0.2) is 0 Å². The first-order valence-corrected chi connectivity index (χ1v) is 5.56. The summed E-state index contributed by atoms with van der Waals surface area (Å²) in [5.41, 5.74) is 2.22. The monoisotopic (exact) mass is 217 g/mol. The lowest BCUT2D eigenvalue weighted by molar-refractivity contribution is 0.215. The Kier molecular flexibility index (Phi) is 5.34. The highest BCUT2D eigenvalue weighted by atomic mass is 16.5. The zero-order valence-electron chi connectivity index (χ0n) is 9.91. The summed E-state index contributed by atoms with van der Waals surface area (Å²) < 4.78 is 5.44. The van der Waals surface area contributed by atoms with E-state index >= 15 is 0 Å². The molecule has 2 heteroatoms. The lowest BCUT2D eigenvalue weighted by Gasteiger charge is -2.08. The van der Waals surface area contributed by atoms with Gasteiger partial charge in [-0.3, -0.25) is 4.98 Å². The molecule has 1 aromatic heterocycles. The third-order valence-corrected chi connectivity index (χ3v) is 2.36. The number of allylic oxidation sites excluding steroid dienone is 1. The molecule has 0 spiro atoms. The van der Waals surface area contributed by atoms with Crippen molar-refractivity contribution in [2.75, 3.05) is 6.61 Å². The maximum Gasteiger partial charge on any atom is 0.114 e. The quantitative estimate of drug-likeness (QED) is 0.396. The molecule has 86 valence electrons. The normalized spacial score (nSPS) is 9.81. The number of rotatable bonds is 7. The van der Waals surface area contributed by atoms with Gasteiger partial charge in [-0.25, -0.2) is 0 Å². The van der Waals surface area contributed by atoms with Crippen LogP contribution in [0.25, 0.3) is 0 Å². The molecule has 0 aliphatic carbocycles. The summed E-state index contributed by atoms with van der Waals surface area (Å²) in [6.07, 6.45) is 6.89. The summed E-state index contributed by atoms with van der Waals surface area (Å²) in [5.74, 6) is 0.698. The second-order valence-corrected chi connectivity index (χ2v) is 3.86. The topological polar surface area (TPSA) is 22.1 Å². The van der Waals surface area contributed by atoms with Crippen molar-refractivity contribution >= 4 is 0 Å². The highest BCUT2D eigenvalue weighted by molar-refractivity contribution is 5.15. The molecule has 0 N–H and O–H groups in total. The summed E-state index contributed by atoms with van der Waals surface area (Å²) in [4.78, 5) is 3.99. The van der Waals surface area contributed by atoms with E-state index in [1.807, 2.05) is 31.5 Å². The molecule has 0 bridgehead atoms. The van der Waals surface area contributed by atoms with Gasteiger partial charge >= 0.3 is 0 Å². The fourth-order valence-electron chi connectivity index (χ4n) is 1.30. The molecular weight excluding hydrogens is 198 g/mol. The van der Waals surface area contributed by atoms with Crippen molar-refractivity contribution in [2.24, 2.45) is 0 Å². The van der Waals surface area contributed by atoms with Gasteiger partial charge in [0, 0.05) is 12.4 Å². The van der Waals surface area contributed by atoms with Crippen LogP contribution in [0.15, 0.2) is 49.0 Å². The Balaban J connectivity index is 2.09. The minimum atomic E-state index is 0.698. The van der Waals surface area contributed by atoms with E-state index in [0.717, 1.165) is 31.4 Å². The van der Waals surface area contributed by atoms with Crippen LogP contribution in [0.1, 0.15) is 25.3 Å². The third kappa shape index (κ3) is 4.78. The molecule has 0 aromatic carbocycles. The van der Waals surface area contributed by atoms with Crippen molar-refractivity contribution in [2.45, 2.75) is 26.2 Å². The van der Waals surface area contributed by atoms with Gasteiger partial charge in [-0.1, -0.05) is 13.2 Å². The SMILES string of the molecule is C=C(C)C(=C)OCCCCc1ccncc1. The maximum atomic E-state index is 5.44. The molecule has 0 atom stereocenters. The Bertz CT molecular complexity index is 343. The van der Waals surface area contributed by atoms with Crippen molar-refractivity contribution in [1.29, 1.82) is 0 Å². The highest BCUT2D eigenvalue weighted by Gasteiger charge is 1.96. The first-order chi connectivity index (χ1) is 7.70. The molecule has 0 fully saturated rings. The van der Waals surface area contributed by atoms with Gasteiger partial charge in [-0.2, -0.15) is 0 Å². The Labute approximate surface area is 97.7 Å². The fraction of sp³-hybridized carbons (Fsp3) is 0.357. The summed E-state index contributed by atoms with van der Waals surface area (Å²) >= 11 is 0. The number of hydrogen-bond acceptors (Lipinski definition) is 2. The van der Waals surface area contributed by atoms with Crippen molar-refractivity contribution in [3.05, 3.63) is 54.6 Å². The number of pyridine rings is 1. The van der Waals surface area contributed by atoms with Crippen molar-refractivity contribution in [3.8, 4) is 0 Å². The number of nitrogens with zero attached hydrogens (tertiary/aromatic N) is 1. The van der Waals surface area contributed by atoms with Gasteiger partial charge < -0.3 is 4.74 Å². The second-order valence-electron chi connectivity index (χ2n) is 3.86. The van der Waals surface area contributed by atoms with Gasteiger partial charge in [-0.05, 0) is 49.5 Å². The lowest BCUT2D eigenvalue weighted by Crippen LogP contribution is -1.96. The molecule has 0 unspecified atom stereocenters. The fourth-order valence-corrected chi connectivity index (χ4v) is 1.30. The van der Waals surface area contributed by atoms with Crippen LogP contribution in [-0.2, 0) is 11.2 Å². The summed E-state index contributed by atoms with van der Waals surface area (Å²) in [6, 6.07) is 4.10. The van der Waals surface area contributed by atoms with Gasteiger partial charge in [0.1, 0.15) is 5.76 Å². The molecule has 0 aliphatic heterocycles. The van der Waals surface area contributed by atoms with E-state index in [0.29, 0.717) is 5.76 Å². The average molecular weight is 217 g/mol. The molecule has 0 saturated carbocycles. The molecule has 1 rings (SSSR count). The molecule has 1 aromatic rings. The number of aryl methyl sites for hydroxylation is 1. The van der Waals surface area contributed by atoms with Gasteiger partial charge in [-0.15, -0.1) is 0 Å². The number of hydrogen-bond donors (Lipinski definition) is 0. The predicted octanol–water partition coefficient (Wildman–Crippen LogP) is 3.51. The number of ether oxygens (including phenoxy) is 1. The molecule has 1 heterocycles.